The summed E-state index contributed by atoms with van der Waals surface area (Å²) >= 11 is 0. The number of methoxy groups -OCH3 is 1. The first-order valence-corrected chi connectivity index (χ1v) is 11.4. The van der Waals surface area contributed by atoms with Crippen molar-refractivity contribution in [3.8, 4) is 28.1 Å². The standard InChI is InChI=1S/C28H26N4O2/c1-18-16-32(17-19(2)34-18)23-14-10-21(11-15-23)26-28(33-4)25-7-5-6-24(27(25)31-30-26)20-8-12-22(29-3)13-9-20/h5-15,18-19H,16-17H2,1-2,4H3/t18-,19+. The van der Waals surface area contributed by atoms with E-state index >= 15 is 0 Å². The van der Waals surface area contributed by atoms with Gasteiger partial charge in [0.25, 0.3) is 0 Å². The highest BCUT2D eigenvalue weighted by Gasteiger charge is 2.23. The van der Waals surface area contributed by atoms with Crippen LogP contribution >= 0.6 is 0 Å². The SMILES string of the molecule is [C-]#[N+]c1ccc(-c2cccc3c(OC)c(-c4ccc(N5C[C@@H](C)O[C@@H](C)C5)cc4)nnc23)cc1. The molecule has 0 N–H and O–H groups in total. The van der Waals surface area contributed by atoms with Crippen molar-refractivity contribution in [1.82, 2.24) is 10.2 Å². The maximum absolute atomic E-state index is 7.18. The van der Waals surface area contributed by atoms with Gasteiger partial charge in [-0.2, -0.15) is 0 Å². The monoisotopic (exact) mass is 450 g/mol. The molecule has 6 nitrogen and oxygen atoms in total. The molecular formula is C28H26N4O2. The number of hydrogen-bond acceptors (Lipinski definition) is 5. The van der Waals surface area contributed by atoms with Gasteiger partial charge in [0.15, 0.2) is 11.4 Å². The van der Waals surface area contributed by atoms with Crippen LogP contribution in [-0.2, 0) is 4.74 Å². The van der Waals surface area contributed by atoms with E-state index in [0.717, 1.165) is 40.7 Å². The van der Waals surface area contributed by atoms with Gasteiger partial charge in [0.05, 0.1) is 25.9 Å². The van der Waals surface area contributed by atoms with E-state index in [4.69, 9.17) is 16.0 Å². The lowest BCUT2D eigenvalue weighted by atomic mass is 10.00. The molecule has 0 radical (unpaired) electrons. The molecule has 3 aromatic carbocycles. The van der Waals surface area contributed by atoms with Crippen LogP contribution in [0.1, 0.15) is 13.8 Å². The minimum absolute atomic E-state index is 0.210. The van der Waals surface area contributed by atoms with E-state index < -0.39 is 0 Å². The number of aromatic nitrogens is 2. The molecule has 5 rings (SSSR count). The van der Waals surface area contributed by atoms with Crippen molar-refractivity contribution in [2.45, 2.75) is 26.1 Å². The summed E-state index contributed by atoms with van der Waals surface area (Å²) in [4.78, 5) is 5.83. The van der Waals surface area contributed by atoms with Crippen LogP contribution in [0.4, 0.5) is 11.4 Å². The van der Waals surface area contributed by atoms with Gasteiger partial charge in [0.2, 0.25) is 0 Å². The Morgan fingerprint density at radius 1 is 0.912 bits per heavy atom. The number of hydrogen-bond donors (Lipinski definition) is 0. The fourth-order valence-electron chi connectivity index (χ4n) is 4.67. The molecule has 34 heavy (non-hydrogen) atoms. The van der Waals surface area contributed by atoms with Crippen LogP contribution in [0, 0.1) is 6.57 Å². The molecule has 0 spiro atoms. The molecule has 0 amide bonds. The summed E-state index contributed by atoms with van der Waals surface area (Å²) in [5, 5.41) is 10.1. The molecule has 1 fully saturated rings. The molecule has 170 valence electrons. The maximum atomic E-state index is 7.18. The van der Waals surface area contributed by atoms with E-state index in [1.54, 1.807) is 7.11 Å². The van der Waals surface area contributed by atoms with Crippen LogP contribution in [0.3, 0.4) is 0 Å². The lowest BCUT2D eigenvalue weighted by Gasteiger charge is -2.36. The summed E-state index contributed by atoms with van der Waals surface area (Å²) in [7, 11) is 1.67. The zero-order chi connectivity index (χ0) is 23.7. The zero-order valence-corrected chi connectivity index (χ0v) is 19.5. The number of anilines is 1. The van der Waals surface area contributed by atoms with Gasteiger partial charge in [-0.05, 0) is 37.6 Å². The number of rotatable bonds is 4. The third kappa shape index (κ3) is 4.07. The summed E-state index contributed by atoms with van der Waals surface area (Å²) < 4.78 is 11.7. The van der Waals surface area contributed by atoms with Gasteiger partial charge >= 0.3 is 0 Å². The second-order valence-corrected chi connectivity index (χ2v) is 8.65. The smallest absolute Gasteiger partial charge is 0.187 e. The van der Waals surface area contributed by atoms with E-state index in [2.05, 4.69) is 58.1 Å². The Morgan fingerprint density at radius 3 is 2.24 bits per heavy atom. The first-order chi connectivity index (χ1) is 16.6. The number of ether oxygens (including phenoxy) is 2. The minimum atomic E-state index is 0.210. The second kappa shape index (κ2) is 9.12. The fourth-order valence-corrected chi connectivity index (χ4v) is 4.67. The van der Waals surface area contributed by atoms with Gasteiger partial charge in [-0.25, -0.2) is 4.85 Å². The highest BCUT2D eigenvalue weighted by atomic mass is 16.5. The van der Waals surface area contributed by atoms with Crippen molar-refractivity contribution in [2.24, 2.45) is 0 Å². The third-order valence-electron chi connectivity index (χ3n) is 6.18. The first-order valence-electron chi connectivity index (χ1n) is 11.4. The Kier molecular flexibility index (Phi) is 5.87. The van der Waals surface area contributed by atoms with Gasteiger partial charge in [0, 0.05) is 35.3 Å². The van der Waals surface area contributed by atoms with E-state index in [9.17, 15) is 0 Å². The Bertz CT molecular complexity index is 1350. The molecule has 1 aliphatic heterocycles. The topological polar surface area (TPSA) is 51.8 Å². The maximum Gasteiger partial charge on any atom is 0.187 e. The van der Waals surface area contributed by atoms with Crippen molar-refractivity contribution in [2.75, 3.05) is 25.1 Å². The predicted octanol–water partition coefficient (Wildman–Crippen LogP) is 6.14. The van der Waals surface area contributed by atoms with E-state index in [1.807, 2.05) is 42.5 Å². The highest BCUT2D eigenvalue weighted by molar-refractivity contribution is 5.99. The zero-order valence-electron chi connectivity index (χ0n) is 19.5. The summed E-state index contributed by atoms with van der Waals surface area (Å²) in [5.41, 5.74) is 6.16. The van der Waals surface area contributed by atoms with E-state index in [-0.39, 0.29) is 12.2 Å². The second-order valence-electron chi connectivity index (χ2n) is 8.65. The quantitative estimate of drug-likeness (QED) is 0.350. The largest absolute Gasteiger partial charge is 0.494 e. The van der Waals surface area contributed by atoms with Crippen LogP contribution < -0.4 is 9.64 Å². The normalized spacial score (nSPS) is 18.0. The van der Waals surface area contributed by atoms with Crippen molar-refractivity contribution in [3.05, 3.63) is 78.1 Å². The van der Waals surface area contributed by atoms with Crippen molar-refractivity contribution in [1.29, 1.82) is 0 Å². The summed E-state index contributed by atoms with van der Waals surface area (Å²) in [5.74, 6) is 0.700. The number of nitrogens with zero attached hydrogens (tertiary/aromatic N) is 4. The molecule has 0 unspecified atom stereocenters. The molecule has 0 saturated carbocycles. The molecule has 1 aromatic heterocycles. The molecular weight excluding hydrogens is 424 g/mol. The molecule has 2 heterocycles. The number of morpholine rings is 1. The number of benzene rings is 3. The predicted molar refractivity (Wildman–Crippen MR) is 135 cm³/mol. The van der Waals surface area contributed by atoms with Crippen molar-refractivity contribution in [3.63, 3.8) is 0 Å². The van der Waals surface area contributed by atoms with Gasteiger partial charge < -0.3 is 14.4 Å². The molecule has 0 aliphatic carbocycles. The Labute approximate surface area is 199 Å². The average Bonchev–Trinajstić information content (AvgIpc) is 2.87. The van der Waals surface area contributed by atoms with Crippen LogP contribution in [0.5, 0.6) is 5.75 Å². The van der Waals surface area contributed by atoms with Gasteiger partial charge in [-0.3, -0.25) is 0 Å². The Hall–Kier alpha value is -3.95. The molecule has 6 heteroatoms. The first kappa shape index (κ1) is 21.9. The molecule has 1 aliphatic rings. The van der Waals surface area contributed by atoms with Crippen molar-refractivity contribution < 1.29 is 9.47 Å². The lowest BCUT2D eigenvalue weighted by molar-refractivity contribution is -0.00521. The van der Waals surface area contributed by atoms with Gasteiger partial charge in [-0.1, -0.05) is 48.5 Å². The Balaban J connectivity index is 1.52. The highest BCUT2D eigenvalue weighted by Crippen LogP contribution is 2.38. The van der Waals surface area contributed by atoms with Gasteiger partial charge in [0.1, 0.15) is 11.2 Å². The molecule has 4 aromatic rings. The van der Waals surface area contributed by atoms with Crippen LogP contribution in [0.2, 0.25) is 0 Å². The lowest BCUT2D eigenvalue weighted by Crippen LogP contribution is -2.45. The summed E-state index contributed by atoms with van der Waals surface area (Å²) in [6.07, 6.45) is 0.420. The van der Waals surface area contributed by atoms with E-state index in [1.165, 1.54) is 5.69 Å². The average molecular weight is 451 g/mol. The minimum Gasteiger partial charge on any atom is -0.494 e. The summed E-state index contributed by atoms with van der Waals surface area (Å²) in [6, 6.07) is 21.9. The molecule has 0 bridgehead atoms. The van der Waals surface area contributed by atoms with E-state index in [0.29, 0.717) is 17.1 Å². The Morgan fingerprint density at radius 2 is 1.59 bits per heavy atom. The van der Waals surface area contributed by atoms with Gasteiger partial charge in [-0.15, -0.1) is 10.2 Å². The van der Waals surface area contributed by atoms with Crippen molar-refractivity contribution >= 4 is 22.3 Å². The molecule has 2 atom stereocenters. The number of fused-ring (bicyclic) bond motifs is 1. The van der Waals surface area contributed by atoms with Crippen LogP contribution in [-0.4, -0.2) is 42.6 Å². The third-order valence-corrected chi connectivity index (χ3v) is 6.18. The van der Waals surface area contributed by atoms with Crippen LogP contribution in [0.15, 0.2) is 66.7 Å². The molecule has 1 saturated heterocycles. The summed E-state index contributed by atoms with van der Waals surface area (Å²) in [6.45, 7) is 13.2. The van der Waals surface area contributed by atoms with Crippen LogP contribution in [0.25, 0.3) is 38.1 Å². The fraction of sp³-hybridized carbons (Fsp3) is 0.250.